The summed E-state index contributed by atoms with van der Waals surface area (Å²) in [6.45, 7) is 6.28. The van der Waals surface area contributed by atoms with Gasteiger partial charge < -0.3 is 5.32 Å². The van der Waals surface area contributed by atoms with Crippen LogP contribution in [-0.2, 0) is 4.79 Å². The fourth-order valence-corrected chi connectivity index (χ4v) is 4.56. The highest BCUT2D eigenvalue weighted by molar-refractivity contribution is 8.03. The van der Waals surface area contributed by atoms with Gasteiger partial charge in [0.15, 0.2) is 8.68 Å². The number of nitrogens with one attached hydrogen (secondary N) is 1. The molecule has 0 saturated heterocycles. The van der Waals surface area contributed by atoms with Gasteiger partial charge in [0, 0.05) is 16.5 Å². The lowest BCUT2D eigenvalue weighted by molar-refractivity contribution is -0.113. The summed E-state index contributed by atoms with van der Waals surface area (Å²) in [5.41, 5.74) is 1.73. The fourth-order valence-electron chi connectivity index (χ4n) is 1.59. The molecule has 4 nitrogen and oxygen atoms in total. The van der Waals surface area contributed by atoms with Crippen molar-refractivity contribution in [1.29, 1.82) is 0 Å². The molecular weight excluding hydrogens is 370 g/mol. The molecule has 124 valence electrons. The number of hydrogen-bond acceptors (Lipinski definition) is 6. The highest BCUT2D eigenvalue weighted by Crippen LogP contribution is 2.30. The van der Waals surface area contributed by atoms with Crippen LogP contribution < -0.4 is 5.32 Å². The predicted octanol–water partition coefficient (Wildman–Crippen LogP) is 4.98. The van der Waals surface area contributed by atoms with Gasteiger partial charge in [-0.25, -0.2) is 0 Å². The summed E-state index contributed by atoms with van der Waals surface area (Å²) < 4.78 is 1.77. The second kappa shape index (κ2) is 8.92. The first kappa shape index (κ1) is 18.6. The molecule has 0 aliphatic heterocycles. The Morgan fingerprint density at radius 1 is 1.30 bits per heavy atom. The van der Waals surface area contributed by atoms with Gasteiger partial charge in [0.05, 0.1) is 5.75 Å². The smallest absolute Gasteiger partial charge is 0.234 e. The first-order valence-corrected chi connectivity index (χ1v) is 10.3. The first-order valence-electron chi connectivity index (χ1n) is 7.09. The van der Waals surface area contributed by atoms with Crippen LogP contribution in [0, 0.1) is 12.8 Å². The van der Waals surface area contributed by atoms with Crippen LogP contribution in [0.4, 0.5) is 5.69 Å². The molecule has 1 amide bonds. The summed E-state index contributed by atoms with van der Waals surface area (Å²) in [5, 5.41) is 11.7. The number of anilines is 1. The Morgan fingerprint density at radius 2 is 2.00 bits per heavy atom. The van der Waals surface area contributed by atoms with E-state index in [4.69, 9.17) is 11.6 Å². The maximum Gasteiger partial charge on any atom is 0.234 e. The van der Waals surface area contributed by atoms with E-state index >= 15 is 0 Å². The summed E-state index contributed by atoms with van der Waals surface area (Å²) in [7, 11) is 0. The number of rotatable bonds is 7. The third kappa shape index (κ3) is 6.33. The van der Waals surface area contributed by atoms with Gasteiger partial charge in [-0.2, -0.15) is 0 Å². The van der Waals surface area contributed by atoms with Crippen LogP contribution in [0.25, 0.3) is 0 Å². The van der Waals surface area contributed by atoms with E-state index in [0.717, 1.165) is 25.7 Å². The molecule has 8 heteroatoms. The lowest BCUT2D eigenvalue weighted by atomic mass is 10.2. The molecule has 1 aromatic heterocycles. The SMILES string of the molecule is Cc1ccc(Cl)cc1NC(=O)CSc1nnc(SCC(C)C)s1. The summed E-state index contributed by atoms with van der Waals surface area (Å²) in [4.78, 5) is 12.0. The molecule has 0 spiro atoms. The lowest BCUT2D eigenvalue weighted by Gasteiger charge is -2.08. The van der Waals surface area contributed by atoms with E-state index in [2.05, 4.69) is 29.4 Å². The largest absolute Gasteiger partial charge is 0.325 e. The molecule has 0 radical (unpaired) electrons. The molecule has 0 unspecified atom stereocenters. The number of carbonyl (C=O) groups excluding carboxylic acids is 1. The molecule has 1 heterocycles. The maximum absolute atomic E-state index is 12.0. The van der Waals surface area contributed by atoms with Crippen molar-refractivity contribution < 1.29 is 4.79 Å². The Hall–Kier alpha value is -0.760. The van der Waals surface area contributed by atoms with Gasteiger partial charge >= 0.3 is 0 Å². The van der Waals surface area contributed by atoms with Crippen molar-refractivity contribution in [3.05, 3.63) is 28.8 Å². The van der Waals surface area contributed by atoms with Crippen molar-refractivity contribution in [2.75, 3.05) is 16.8 Å². The molecule has 2 aromatic rings. The monoisotopic (exact) mass is 387 g/mol. The molecule has 0 aliphatic carbocycles. The molecule has 23 heavy (non-hydrogen) atoms. The Labute approximate surface area is 153 Å². The van der Waals surface area contributed by atoms with Crippen LogP contribution in [0.5, 0.6) is 0 Å². The van der Waals surface area contributed by atoms with Crippen LogP contribution >= 0.6 is 46.5 Å². The first-order chi connectivity index (χ1) is 10.9. The van der Waals surface area contributed by atoms with Crippen LogP contribution in [0.2, 0.25) is 5.02 Å². The second-order valence-corrected chi connectivity index (χ2v) is 9.24. The maximum atomic E-state index is 12.0. The molecule has 0 bridgehead atoms. The quantitative estimate of drug-likeness (QED) is 0.679. The number of thioether (sulfide) groups is 2. The van der Waals surface area contributed by atoms with Gasteiger partial charge in [-0.1, -0.05) is 66.4 Å². The van der Waals surface area contributed by atoms with Crippen LogP contribution in [0.15, 0.2) is 26.9 Å². The standard InChI is InChI=1S/C15H18ClN3OS3/c1-9(2)7-21-14-18-19-15(23-14)22-8-13(20)17-12-6-11(16)5-4-10(12)3/h4-6,9H,7-8H2,1-3H3,(H,17,20). The number of hydrogen-bond donors (Lipinski definition) is 1. The average molecular weight is 388 g/mol. The third-order valence-corrected chi connectivity index (χ3v) is 6.58. The molecule has 1 N–H and O–H groups in total. The number of halogens is 1. The van der Waals surface area contributed by atoms with Crippen molar-refractivity contribution in [3.8, 4) is 0 Å². The zero-order valence-electron chi connectivity index (χ0n) is 13.1. The number of carbonyl (C=O) groups is 1. The Bertz CT molecular complexity index is 676. The van der Waals surface area contributed by atoms with E-state index in [0.29, 0.717) is 16.7 Å². The zero-order chi connectivity index (χ0) is 16.8. The predicted molar refractivity (Wildman–Crippen MR) is 101 cm³/mol. The molecule has 0 atom stereocenters. The van der Waals surface area contributed by atoms with Gasteiger partial charge in [0.25, 0.3) is 0 Å². The Kier molecular flexibility index (Phi) is 7.20. The highest BCUT2D eigenvalue weighted by Gasteiger charge is 2.10. The van der Waals surface area contributed by atoms with Gasteiger partial charge in [0.1, 0.15) is 0 Å². The second-order valence-electron chi connectivity index (χ2n) is 5.33. The zero-order valence-corrected chi connectivity index (χ0v) is 16.3. The van der Waals surface area contributed by atoms with E-state index in [1.54, 1.807) is 23.9 Å². The van der Waals surface area contributed by atoms with Gasteiger partial charge in [-0.05, 0) is 30.5 Å². The van der Waals surface area contributed by atoms with Crippen molar-refractivity contribution in [2.45, 2.75) is 29.5 Å². The van der Waals surface area contributed by atoms with E-state index in [1.165, 1.54) is 23.1 Å². The molecule has 2 rings (SSSR count). The summed E-state index contributed by atoms with van der Waals surface area (Å²) in [5.74, 6) is 1.86. The topological polar surface area (TPSA) is 54.9 Å². The average Bonchev–Trinajstić information content (AvgIpc) is 2.95. The minimum absolute atomic E-state index is 0.0769. The summed E-state index contributed by atoms with van der Waals surface area (Å²) in [6, 6.07) is 5.44. The van der Waals surface area contributed by atoms with Gasteiger partial charge in [-0.3, -0.25) is 4.79 Å². The van der Waals surface area contributed by atoms with Crippen molar-refractivity contribution >= 4 is 58.1 Å². The van der Waals surface area contributed by atoms with E-state index in [9.17, 15) is 4.79 Å². The molecule has 0 saturated carbocycles. The van der Waals surface area contributed by atoms with Crippen LogP contribution in [0.3, 0.4) is 0 Å². The minimum atomic E-state index is -0.0769. The highest BCUT2D eigenvalue weighted by atomic mass is 35.5. The Balaban J connectivity index is 1.83. The van der Waals surface area contributed by atoms with E-state index in [1.807, 2.05) is 13.0 Å². The number of nitrogens with zero attached hydrogens (tertiary/aromatic N) is 2. The lowest BCUT2D eigenvalue weighted by Crippen LogP contribution is -2.14. The van der Waals surface area contributed by atoms with E-state index < -0.39 is 0 Å². The summed E-state index contributed by atoms with van der Waals surface area (Å²) in [6.07, 6.45) is 0. The molecular formula is C15H18ClN3OS3. The third-order valence-electron chi connectivity index (χ3n) is 2.73. The number of aromatic nitrogens is 2. The molecule has 1 aromatic carbocycles. The minimum Gasteiger partial charge on any atom is -0.325 e. The van der Waals surface area contributed by atoms with Crippen molar-refractivity contribution in [1.82, 2.24) is 10.2 Å². The number of aryl methyl sites for hydroxylation is 1. The fraction of sp³-hybridized carbons (Fsp3) is 0.400. The molecule has 0 fully saturated rings. The van der Waals surface area contributed by atoms with Crippen molar-refractivity contribution in [2.24, 2.45) is 5.92 Å². The number of amides is 1. The normalized spacial score (nSPS) is 11.0. The number of benzene rings is 1. The molecule has 0 aliphatic rings. The van der Waals surface area contributed by atoms with Crippen molar-refractivity contribution in [3.63, 3.8) is 0 Å². The van der Waals surface area contributed by atoms with Crippen LogP contribution in [0.1, 0.15) is 19.4 Å². The Morgan fingerprint density at radius 3 is 2.70 bits per heavy atom. The van der Waals surface area contributed by atoms with Gasteiger partial charge in [-0.15, -0.1) is 10.2 Å². The van der Waals surface area contributed by atoms with Gasteiger partial charge in [0.2, 0.25) is 5.91 Å². The van der Waals surface area contributed by atoms with E-state index in [-0.39, 0.29) is 5.91 Å². The van der Waals surface area contributed by atoms with Crippen LogP contribution in [-0.4, -0.2) is 27.6 Å². The summed E-state index contributed by atoms with van der Waals surface area (Å²) >= 11 is 10.6.